The quantitative estimate of drug-likeness (QED) is 0.0169. The molecular formula is C79H132O17P2. The number of phosphoric ester groups is 2. The molecule has 0 amide bonds. The van der Waals surface area contributed by atoms with Crippen LogP contribution in [0.2, 0.25) is 0 Å². The number of hydrogen-bond donors (Lipinski definition) is 3. The molecule has 17 nitrogen and oxygen atoms in total. The highest BCUT2D eigenvalue weighted by atomic mass is 31.2. The number of hydrogen-bond acceptors (Lipinski definition) is 15. The van der Waals surface area contributed by atoms with Crippen molar-refractivity contribution in [3.63, 3.8) is 0 Å². The summed E-state index contributed by atoms with van der Waals surface area (Å²) in [4.78, 5) is 72.7. The molecule has 98 heavy (non-hydrogen) atoms. The van der Waals surface area contributed by atoms with Crippen LogP contribution in [0, 0.1) is 0 Å². The fourth-order valence-electron chi connectivity index (χ4n) is 9.44. The van der Waals surface area contributed by atoms with Crippen LogP contribution in [0.15, 0.2) is 134 Å². The van der Waals surface area contributed by atoms with Crippen molar-refractivity contribution < 1.29 is 80.2 Å². The minimum Gasteiger partial charge on any atom is -0.462 e. The van der Waals surface area contributed by atoms with Crippen LogP contribution in [0.5, 0.6) is 0 Å². The lowest BCUT2D eigenvalue weighted by Gasteiger charge is -2.21. The zero-order valence-corrected chi connectivity index (χ0v) is 62.7. The summed E-state index contributed by atoms with van der Waals surface area (Å²) in [5.41, 5.74) is 0. The molecule has 19 heteroatoms. The van der Waals surface area contributed by atoms with Crippen molar-refractivity contribution in [2.24, 2.45) is 0 Å². The van der Waals surface area contributed by atoms with E-state index in [-0.39, 0.29) is 25.7 Å². The molecule has 0 bridgehead atoms. The van der Waals surface area contributed by atoms with Gasteiger partial charge in [-0.05, 0) is 135 Å². The molecule has 5 atom stereocenters. The lowest BCUT2D eigenvalue weighted by molar-refractivity contribution is -0.161. The predicted molar refractivity (Wildman–Crippen MR) is 399 cm³/mol. The monoisotopic (exact) mass is 1410 g/mol. The van der Waals surface area contributed by atoms with E-state index in [4.69, 9.17) is 37.0 Å². The summed E-state index contributed by atoms with van der Waals surface area (Å²) in [7, 11) is -9.99. The maximum absolute atomic E-state index is 13.1. The lowest BCUT2D eigenvalue weighted by atomic mass is 10.1. The van der Waals surface area contributed by atoms with Gasteiger partial charge in [-0.3, -0.25) is 37.3 Å². The largest absolute Gasteiger partial charge is 0.472 e. The van der Waals surface area contributed by atoms with Gasteiger partial charge in [-0.2, -0.15) is 0 Å². The summed E-state index contributed by atoms with van der Waals surface area (Å²) in [6.07, 6.45) is 77.7. The Bertz CT molecular complexity index is 2380. The molecular weight excluding hydrogens is 1280 g/mol. The SMILES string of the molecule is CC/C=C\C/C=C\C/C=C\C/C=C\C/C=C\CC(=O)OC(COC(=O)CCCCCCCCC/C=C\C/C=C\C/C=C\CC)COP(=O)(O)OCC(O)COP(=O)(O)OCC(COC(=O)CCCCCCC/C=C\C/C=C\CCCCC)OC(=O)CCCCCCC/C=C\CCCC. The van der Waals surface area contributed by atoms with Gasteiger partial charge < -0.3 is 33.8 Å². The first-order chi connectivity index (χ1) is 47.7. The third-order valence-corrected chi connectivity index (χ3v) is 17.0. The smallest absolute Gasteiger partial charge is 0.462 e. The molecule has 0 radical (unpaired) electrons. The van der Waals surface area contributed by atoms with E-state index in [1.165, 1.54) is 32.1 Å². The molecule has 0 aliphatic heterocycles. The minimum absolute atomic E-state index is 0.0764. The molecule has 0 aromatic heterocycles. The first-order valence-electron chi connectivity index (χ1n) is 37.4. The first kappa shape index (κ1) is 93.2. The molecule has 0 aromatic rings. The van der Waals surface area contributed by atoms with Crippen LogP contribution in [0.25, 0.3) is 0 Å². The van der Waals surface area contributed by atoms with Crippen molar-refractivity contribution in [1.29, 1.82) is 0 Å². The summed E-state index contributed by atoms with van der Waals surface area (Å²) in [6.45, 7) is 4.42. The maximum Gasteiger partial charge on any atom is 0.472 e. The second-order valence-corrected chi connectivity index (χ2v) is 27.4. The van der Waals surface area contributed by atoms with Crippen molar-refractivity contribution in [3.8, 4) is 0 Å². The first-order valence-corrected chi connectivity index (χ1v) is 40.4. The van der Waals surface area contributed by atoms with E-state index in [0.717, 1.165) is 173 Å². The summed E-state index contributed by atoms with van der Waals surface area (Å²) < 4.78 is 68.2. The number of aliphatic hydroxyl groups excluding tert-OH is 1. The molecule has 0 saturated carbocycles. The fraction of sp³-hybridized carbons (Fsp3) is 0.671. The van der Waals surface area contributed by atoms with Crippen LogP contribution in [0.3, 0.4) is 0 Å². The minimum atomic E-state index is -5.00. The van der Waals surface area contributed by atoms with E-state index < -0.39 is 97.5 Å². The number of carbonyl (C=O) groups excluding carboxylic acids is 4. The van der Waals surface area contributed by atoms with E-state index in [9.17, 15) is 43.2 Å². The fourth-order valence-corrected chi connectivity index (χ4v) is 11.0. The van der Waals surface area contributed by atoms with Gasteiger partial charge in [0, 0.05) is 19.3 Å². The Kier molecular flexibility index (Phi) is 67.2. The third-order valence-electron chi connectivity index (χ3n) is 15.1. The number of aliphatic hydroxyl groups is 1. The molecule has 0 aliphatic carbocycles. The molecule has 0 aromatic carbocycles. The van der Waals surface area contributed by atoms with Gasteiger partial charge in [0.15, 0.2) is 12.2 Å². The van der Waals surface area contributed by atoms with Crippen molar-refractivity contribution in [1.82, 2.24) is 0 Å². The number of phosphoric acid groups is 2. The molecule has 0 spiro atoms. The Morgan fingerprint density at radius 1 is 0.306 bits per heavy atom. The van der Waals surface area contributed by atoms with E-state index in [0.29, 0.717) is 25.7 Å². The second-order valence-electron chi connectivity index (χ2n) is 24.5. The summed E-state index contributed by atoms with van der Waals surface area (Å²) in [5.74, 6) is -2.36. The Hall–Kier alpha value is -4.80. The van der Waals surface area contributed by atoms with Gasteiger partial charge in [-0.25, -0.2) is 9.13 Å². The van der Waals surface area contributed by atoms with Gasteiger partial charge in [0.05, 0.1) is 32.8 Å². The highest BCUT2D eigenvalue weighted by molar-refractivity contribution is 7.47. The zero-order chi connectivity index (χ0) is 71.8. The second kappa shape index (κ2) is 70.6. The summed E-state index contributed by atoms with van der Waals surface area (Å²) in [5, 5.41) is 10.6. The molecule has 5 unspecified atom stereocenters. The lowest BCUT2D eigenvalue weighted by Crippen LogP contribution is -2.30. The number of ether oxygens (including phenoxy) is 4. The van der Waals surface area contributed by atoms with E-state index in [1.807, 2.05) is 12.2 Å². The van der Waals surface area contributed by atoms with Crippen molar-refractivity contribution in [2.45, 2.75) is 303 Å². The molecule has 0 saturated heterocycles. The molecule has 0 fully saturated rings. The molecule has 0 rings (SSSR count). The van der Waals surface area contributed by atoms with Gasteiger partial charge >= 0.3 is 39.5 Å². The number of carbonyl (C=O) groups is 4. The van der Waals surface area contributed by atoms with E-state index in [1.54, 1.807) is 12.2 Å². The number of allylic oxidation sites excluding steroid dienone is 21. The number of rotatable bonds is 69. The summed E-state index contributed by atoms with van der Waals surface area (Å²) >= 11 is 0. The van der Waals surface area contributed by atoms with Crippen LogP contribution in [-0.4, -0.2) is 96.7 Å². The van der Waals surface area contributed by atoms with Crippen LogP contribution < -0.4 is 0 Å². The number of unbranched alkanes of at least 4 members (excludes halogenated alkanes) is 22. The van der Waals surface area contributed by atoms with Gasteiger partial charge in [0.25, 0.3) is 0 Å². The highest BCUT2D eigenvalue weighted by Crippen LogP contribution is 2.45. The maximum atomic E-state index is 13.1. The van der Waals surface area contributed by atoms with Crippen LogP contribution >= 0.6 is 15.6 Å². The van der Waals surface area contributed by atoms with Crippen molar-refractivity contribution >= 4 is 39.5 Å². The molecule has 560 valence electrons. The highest BCUT2D eigenvalue weighted by Gasteiger charge is 2.30. The van der Waals surface area contributed by atoms with Gasteiger partial charge in [-0.1, -0.05) is 258 Å². The molecule has 3 N–H and O–H groups in total. The normalized spacial score (nSPS) is 14.7. The number of esters is 4. The Morgan fingerprint density at radius 3 is 0.949 bits per heavy atom. The standard InChI is InChI=1S/C79H132O17P2/c1-5-9-13-17-21-25-29-32-35-36-39-41-45-48-52-56-60-64-77(82)90-70-75(96-79(84)66-62-58-54-50-46-42-38-34-31-27-23-19-15-11-7-3)72-94-98(87,88)92-68-73(80)67-91-97(85,86)93-71-74(95-78(83)65-61-57-53-49-43-28-24-20-16-12-8-4)69-89-76(81)63-59-55-51-47-44-40-37-33-30-26-22-18-14-10-6-2/h9,11,13,15,20-27,32-35,37-38,46,50,58,62,73-75,80H,5-8,10,12,14,16-19,28-31,36,39-45,47-49,51-57,59-61,63-72H2,1-4H3,(H,85,86)(H,87,88)/b13-9-,15-11-,24-20-,25-21-,26-22-,27-23-,35-32-,37-33-,38-34-,50-46-,62-58-. The van der Waals surface area contributed by atoms with Crippen LogP contribution in [-0.2, 0) is 65.4 Å². The topological polar surface area (TPSA) is 237 Å². The average molecular weight is 1420 g/mol. The van der Waals surface area contributed by atoms with Gasteiger partial charge in [-0.15, -0.1) is 0 Å². The van der Waals surface area contributed by atoms with Crippen molar-refractivity contribution in [2.75, 3.05) is 39.6 Å². The molecule has 0 heterocycles. The zero-order valence-electron chi connectivity index (χ0n) is 60.9. The van der Waals surface area contributed by atoms with Crippen LogP contribution in [0.4, 0.5) is 0 Å². The summed E-state index contributed by atoms with van der Waals surface area (Å²) in [6, 6.07) is 0. The van der Waals surface area contributed by atoms with Crippen molar-refractivity contribution in [3.05, 3.63) is 134 Å². The van der Waals surface area contributed by atoms with Gasteiger partial charge in [0.2, 0.25) is 0 Å². The molecule has 0 aliphatic rings. The van der Waals surface area contributed by atoms with E-state index >= 15 is 0 Å². The Balaban J connectivity index is 5.42. The predicted octanol–water partition coefficient (Wildman–Crippen LogP) is 21.3. The van der Waals surface area contributed by atoms with E-state index in [2.05, 4.69) is 137 Å². The third kappa shape index (κ3) is 69.7. The Morgan fingerprint density at radius 2 is 0.582 bits per heavy atom. The average Bonchev–Trinajstić information content (AvgIpc) is 0.980. The van der Waals surface area contributed by atoms with Gasteiger partial charge in [0.1, 0.15) is 19.3 Å². The van der Waals surface area contributed by atoms with Crippen LogP contribution in [0.1, 0.15) is 285 Å². The Labute approximate surface area is 593 Å².